The molecule has 1 atom stereocenters. The second kappa shape index (κ2) is 8.23. The normalized spacial score (nSPS) is 18.3. The summed E-state index contributed by atoms with van der Waals surface area (Å²) in [4.78, 5) is 28.3. The van der Waals surface area contributed by atoms with E-state index in [1.807, 2.05) is 44.4 Å². The van der Waals surface area contributed by atoms with Crippen molar-refractivity contribution in [3.05, 3.63) is 77.5 Å². The summed E-state index contributed by atoms with van der Waals surface area (Å²) in [6, 6.07) is 11.9. The lowest BCUT2D eigenvalue weighted by molar-refractivity contribution is -0.857. The van der Waals surface area contributed by atoms with Crippen LogP contribution in [0.3, 0.4) is 0 Å². The molecule has 0 bridgehead atoms. The average molecular weight is 420 g/mol. The summed E-state index contributed by atoms with van der Waals surface area (Å²) < 4.78 is 7.17. The molecule has 31 heavy (non-hydrogen) atoms. The molecule has 0 radical (unpaired) electrons. The number of nitrogens with zero attached hydrogens (tertiary/aromatic N) is 3. The summed E-state index contributed by atoms with van der Waals surface area (Å²) in [7, 11) is 3.92. The fourth-order valence-electron chi connectivity index (χ4n) is 3.79. The molecule has 1 amide bonds. The summed E-state index contributed by atoms with van der Waals surface area (Å²) in [6.07, 6.45) is 2.92. The number of amides is 1. The zero-order chi connectivity index (χ0) is 22.1. The van der Waals surface area contributed by atoms with E-state index in [2.05, 4.69) is 5.10 Å². The second-order valence-corrected chi connectivity index (χ2v) is 7.84. The van der Waals surface area contributed by atoms with Crippen molar-refractivity contribution in [3.63, 3.8) is 0 Å². The Morgan fingerprint density at radius 1 is 1.16 bits per heavy atom. The molecule has 1 unspecified atom stereocenters. The van der Waals surface area contributed by atoms with Crippen molar-refractivity contribution >= 4 is 17.4 Å². The molecule has 0 saturated carbocycles. The van der Waals surface area contributed by atoms with E-state index in [0.29, 0.717) is 24.5 Å². The number of carbonyl (C=O) groups excluding carboxylic acids is 2. The first-order valence-electron chi connectivity index (χ1n) is 10.1. The Bertz CT molecular complexity index is 1130. The predicted octanol–water partition coefficient (Wildman–Crippen LogP) is 0.142. The number of hydrogen-bond acceptors (Lipinski definition) is 5. The number of Topliss-reactive ketones (excluding diaryl/α,β-unsaturated/α-hetero) is 1. The Hall–Kier alpha value is -3.65. The molecule has 8 nitrogen and oxygen atoms in total. The van der Waals surface area contributed by atoms with Gasteiger partial charge < -0.3 is 19.3 Å². The number of likely N-dealkylation sites (N-methyl/N-ethyl adjacent to an activating group) is 1. The third-order valence-electron chi connectivity index (χ3n) is 5.45. The smallest absolute Gasteiger partial charge is 0.295 e. The van der Waals surface area contributed by atoms with Crippen molar-refractivity contribution in [1.82, 2.24) is 14.7 Å². The number of carbonyl (C=O) groups is 2. The second-order valence-electron chi connectivity index (χ2n) is 7.84. The van der Waals surface area contributed by atoms with Crippen LogP contribution in [0.2, 0.25) is 0 Å². The standard InChI is InChI=1S/C23H24N4O4/c1-15-17(14-24-27(15)16-8-5-4-6-9-16)21(28)19-20(18-10-7-13-31-18)26(12-11-25(2)3)23(30)22(19)29/h4-10,13-14,20,28H,11-12H2,1-3H3. The molecule has 1 aliphatic heterocycles. The minimum Gasteiger partial charge on any atom is -0.872 e. The zero-order valence-corrected chi connectivity index (χ0v) is 17.7. The van der Waals surface area contributed by atoms with Gasteiger partial charge in [0.1, 0.15) is 11.8 Å². The summed E-state index contributed by atoms with van der Waals surface area (Å²) in [5.74, 6) is -1.57. The van der Waals surface area contributed by atoms with Gasteiger partial charge in [0.25, 0.3) is 5.91 Å². The van der Waals surface area contributed by atoms with Gasteiger partial charge in [-0.3, -0.25) is 9.59 Å². The van der Waals surface area contributed by atoms with Crippen molar-refractivity contribution in [2.45, 2.75) is 13.0 Å². The summed E-state index contributed by atoms with van der Waals surface area (Å²) in [5.41, 5.74) is 1.59. The number of para-hydroxylation sites is 1. The molecule has 3 heterocycles. The maximum absolute atomic E-state index is 13.5. The quantitative estimate of drug-likeness (QED) is 0.348. The maximum atomic E-state index is 13.5. The molecule has 4 rings (SSSR count). The van der Waals surface area contributed by atoms with Gasteiger partial charge in [-0.25, -0.2) is 4.68 Å². The molecule has 1 fully saturated rings. The predicted molar refractivity (Wildman–Crippen MR) is 111 cm³/mol. The van der Waals surface area contributed by atoms with Gasteiger partial charge in [-0.1, -0.05) is 24.0 Å². The summed E-state index contributed by atoms with van der Waals surface area (Å²) >= 11 is 0. The van der Waals surface area contributed by atoms with Crippen molar-refractivity contribution < 1.29 is 24.0 Å². The van der Waals surface area contributed by atoms with Crippen LogP contribution in [0.5, 0.6) is 0 Å². The Morgan fingerprint density at radius 2 is 1.90 bits per heavy atom. The summed E-state index contributed by atoms with van der Waals surface area (Å²) in [5, 5.41) is 17.9. The number of furan rings is 1. The number of benzene rings is 1. The van der Waals surface area contributed by atoms with Gasteiger partial charge in [-0.15, -0.1) is 0 Å². The van der Waals surface area contributed by atoms with Crippen LogP contribution in [0, 0.1) is 6.92 Å². The highest BCUT2D eigenvalue weighted by atomic mass is 16.3. The molecule has 8 heteroatoms. The number of nitrogens with one attached hydrogen (secondary N) is 1. The molecule has 0 spiro atoms. The van der Waals surface area contributed by atoms with Gasteiger partial charge in [0.2, 0.25) is 5.78 Å². The summed E-state index contributed by atoms with van der Waals surface area (Å²) in [6.45, 7) is 2.73. The molecule has 3 aromatic rings. The van der Waals surface area contributed by atoms with E-state index in [4.69, 9.17) is 4.42 Å². The van der Waals surface area contributed by atoms with E-state index in [1.165, 1.54) is 17.4 Å². The number of rotatable bonds is 6. The highest BCUT2D eigenvalue weighted by Crippen LogP contribution is 2.39. The lowest BCUT2D eigenvalue weighted by atomic mass is 9.99. The lowest BCUT2D eigenvalue weighted by Crippen LogP contribution is -3.06. The first kappa shape index (κ1) is 20.6. The Balaban J connectivity index is 1.81. The molecule has 0 aliphatic carbocycles. The van der Waals surface area contributed by atoms with Crippen LogP contribution in [-0.4, -0.2) is 53.6 Å². The van der Waals surface area contributed by atoms with Crippen LogP contribution < -0.4 is 10.0 Å². The van der Waals surface area contributed by atoms with Gasteiger partial charge in [0.05, 0.1) is 45.3 Å². The molecular weight excluding hydrogens is 396 g/mol. The first-order chi connectivity index (χ1) is 14.9. The monoisotopic (exact) mass is 420 g/mol. The molecule has 1 N–H and O–H groups in total. The van der Waals surface area contributed by atoms with Crippen LogP contribution in [0.25, 0.3) is 11.4 Å². The highest BCUT2D eigenvalue weighted by Gasteiger charge is 2.45. The Labute approximate surface area is 180 Å². The third-order valence-corrected chi connectivity index (χ3v) is 5.45. The number of likely N-dealkylation sites (tertiary alicyclic amines) is 1. The fourth-order valence-corrected chi connectivity index (χ4v) is 3.79. The van der Waals surface area contributed by atoms with E-state index in [-0.39, 0.29) is 11.1 Å². The third kappa shape index (κ3) is 3.66. The van der Waals surface area contributed by atoms with Crippen LogP contribution in [-0.2, 0) is 9.59 Å². The Morgan fingerprint density at radius 3 is 2.55 bits per heavy atom. The zero-order valence-electron chi connectivity index (χ0n) is 17.7. The van der Waals surface area contributed by atoms with E-state index in [0.717, 1.165) is 10.6 Å². The van der Waals surface area contributed by atoms with Crippen molar-refractivity contribution in [2.75, 3.05) is 27.2 Å². The largest absolute Gasteiger partial charge is 0.872 e. The maximum Gasteiger partial charge on any atom is 0.295 e. The molecule has 2 aromatic heterocycles. The molecule has 1 saturated heterocycles. The SMILES string of the molecule is Cc1c(C([O-])=C2C(=O)C(=O)N(CC[NH+](C)C)C2c2ccco2)cnn1-c1ccccc1. The van der Waals surface area contributed by atoms with Gasteiger partial charge in [-0.05, 0) is 31.2 Å². The lowest BCUT2D eigenvalue weighted by Gasteiger charge is -2.25. The topological polar surface area (TPSA) is 95.8 Å². The van der Waals surface area contributed by atoms with Gasteiger partial charge in [0.15, 0.2) is 0 Å². The Kier molecular flexibility index (Phi) is 5.48. The van der Waals surface area contributed by atoms with Gasteiger partial charge in [-0.2, -0.15) is 5.10 Å². The fraction of sp³-hybridized carbons (Fsp3) is 0.261. The number of ketones is 1. The average Bonchev–Trinajstić information content (AvgIpc) is 3.47. The van der Waals surface area contributed by atoms with E-state index in [1.54, 1.807) is 23.7 Å². The van der Waals surface area contributed by atoms with Gasteiger partial charge >= 0.3 is 0 Å². The van der Waals surface area contributed by atoms with Crippen LogP contribution in [0.1, 0.15) is 23.1 Å². The van der Waals surface area contributed by atoms with Crippen molar-refractivity contribution in [1.29, 1.82) is 0 Å². The molecule has 160 valence electrons. The van der Waals surface area contributed by atoms with E-state index >= 15 is 0 Å². The van der Waals surface area contributed by atoms with Gasteiger partial charge in [0, 0.05) is 16.8 Å². The van der Waals surface area contributed by atoms with Crippen LogP contribution in [0.15, 0.2) is 64.9 Å². The minimum atomic E-state index is -0.846. The van der Waals surface area contributed by atoms with Crippen molar-refractivity contribution in [2.24, 2.45) is 0 Å². The van der Waals surface area contributed by atoms with Crippen LogP contribution in [0.4, 0.5) is 0 Å². The van der Waals surface area contributed by atoms with Crippen LogP contribution >= 0.6 is 0 Å². The molecule has 1 aromatic carbocycles. The molecular formula is C23H24N4O4. The number of aromatic nitrogens is 2. The minimum absolute atomic E-state index is 0.0931. The number of quaternary nitrogens is 1. The highest BCUT2D eigenvalue weighted by molar-refractivity contribution is 6.46. The van der Waals surface area contributed by atoms with E-state index < -0.39 is 23.5 Å². The number of hydrogen-bond donors (Lipinski definition) is 1. The van der Waals surface area contributed by atoms with E-state index in [9.17, 15) is 14.7 Å². The van der Waals surface area contributed by atoms with Crippen molar-refractivity contribution in [3.8, 4) is 5.69 Å². The molecule has 1 aliphatic rings. The first-order valence-corrected chi connectivity index (χ1v) is 10.1.